The molecule has 0 bridgehead atoms. The van der Waals surface area contributed by atoms with Crippen LogP contribution in [0.3, 0.4) is 0 Å². The lowest BCUT2D eigenvalue weighted by molar-refractivity contribution is -0.133. The first-order chi connectivity index (χ1) is 9.74. The van der Waals surface area contributed by atoms with Gasteiger partial charge in [-0.1, -0.05) is 31.4 Å². The first kappa shape index (κ1) is 13.5. The highest BCUT2D eigenvalue weighted by atomic mass is 16.2. The topological polar surface area (TPSA) is 46.3 Å². The van der Waals surface area contributed by atoms with E-state index in [0.717, 1.165) is 30.6 Å². The first-order valence-electron chi connectivity index (χ1n) is 7.88. The Labute approximate surface area is 121 Å². The zero-order chi connectivity index (χ0) is 13.9. The van der Waals surface area contributed by atoms with Gasteiger partial charge in [-0.2, -0.15) is 0 Å². The predicted molar refractivity (Wildman–Crippen MR) is 81.2 cm³/mol. The van der Waals surface area contributed by atoms with E-state index in [1.54, 1.807) is 0 Å². The second-order valence-electron chi connectivity index (χ2n) is 6.26. The number of hydrogen-bond donors (Lipinski definition) is 1. The van der Waals surface area contributed by atoms with Crippen molar-refractivity contribution in [2.24, 2.45) is 5.92 Å². The first-order valence-corrected chi connectivity index (χ1v) is 7.88. The summed E-state index contributed by atoms with van der Waals surface area (Å²) in [7, 11) is 0. The number of fused-ring (bicyclic) bond motifs is 1. The molecule has 0 aromatic heterocycles. The molecule has 0 unspecified atom stereocenters. The monoisotopic (exact) mass is 272 g/mol. The molecule has 1 heterocycles. The molecule has 1 saturated carbocycles. The Balaban J connectivity index is 1.64. The Morgan fingerprint density at radius 3 is 2.85 bits per heavy atom. The molecule has 1 fully saturated rings. The average molecular weight is 272 g/mol. The van der Waals surface area contributed by atoms with Gasteiger partial charge in [-0.15, -0.1) is 0 Å². The highest BCUT2D eigenvalue weighted by Gasteiger charge is 2.25. The number of anilines is 1. The second-order valence-corrected chi connectivity index (χ2v) is 6.26. The third kappa shape index (κ3) is 2.82. The lowest BCUT2D eigenvalue weighted by Gasteiger charge is -2.31. The van der Waals surface area contributed by atoms with Gasteiger partial charge in [0.25, 0.3) is 0 Å². The summed E-state index contributed by atoms with van der Waals surface area (Å²) in [5, 5.41) is 0. The van der Waals surface area contributed by atoms with Crippen LogP contribution in [0.2, 0.25) is 0 Å². The van der Waals surface area contributed by atoms with Crippen molar-refractivity contribution in [2.45, 2.75) is 51.5 Å². The van der Waals surface area contributed by atoms with Gasteiger partial charge in [0.05, 0.1) is 0 Å². The van der Waals surface area contributed by atoms with Crippen molar-refractivity contribution in [1.82, 2.24) is 4.90 Å². The maximum absolute atomic E-state index is 12.5. The fraction of sp³-hybridized carbons (Fsp3) is 0.588. The van der Waals surface area contributed by atoms with E-state index in [-0.39, 0.29) is 0 Å². The molecule has 3 rings (SSSR count). The summed E-state index contributed by atoms with van der Waals surface area (Å²) in [6, 6.07) is 6.08. The summed E-state index contributed by atoms with van der Waals surface area (Å²) in [5.41, 5.74) is 9.36. The van der Waals surface area contributed by atoms with Crippen LogP contribution in [-0.4, -0.2) is 17.4 Å². The van der Waals surface area contributed by atoms with E-state index in [1.807, 2.05) is 17.0 Å². The van der Waals surface area contributed by atoms with Gasteiger partial charge in [0.2, 0.25) is 5.91 Å². The Morgan fingerprint density at radius 1 is 1.25 bits per heavy atom. The minimum atomic E-state index is 0.325. The molecule has 0 radical (unpaired) electrons. The number of nitrogens with zero attached hydrogens (tertiary/aromatic N) is 1. The molecule has 0 atom stereocenters. The average Bonchev–Trinajstić information content (AvgIpc) is 2.48. The van der Waals surface area contributed by atoms with Crippen molar-refractivity contribution in [1.29, 1.82) is 0 Å². The molecule has 20 heavy (non-hydrogen) atoms. The van der Waals surface area contributed by atoms with E-state index < -0.39 is 0 Å². The molecular formula is C17H24N2O. The highest BCUT2D eigenvalue weighted by molar-refractivity contribution is 5.77. The number of amides is 1. The van der Waals surface area contributed by atoms with Gasteiger partial charge < -0.3 is 10.6 Å². The molecule has 1 aromatic rings. The number of hydrogen-bond acceptors (Lipinski definition) is 2. The van der Waals surface area contributed by atoms with Crippen LogP contribution in [0, 0.1) is 5.92 Å². The van der Waals surface area contributed by atoms with Gasteiger partial charge in [-0.05, 0) is 42.4 Å². The van der Waals surface area contributed by atoms with Gasteiger partial charge in [-0.25, -0.2) is 0 Å². The van der Waals surface area contributed by atoms with Crippen molar-refractivity contribution in [3.8, 4) is 0 Å². The summed E-state index contributed by atoms with van der Waals surface area (Å²) in [5.74, 6) is 0.941. The van der Waals surface area contributed by atoms with Crippen LogP contribution in [-0.2, 0) is 17.8 Å². The number of rotatable bonds is 2. The van der Waals surface area contributed by atoms with E-state index in [4.69, 9.17) is 5.73 Å². The molecule has 1 amide bonds. The third-order valence-electron chi connectivity index (χ3n) is 4.85. The van der Waals surface area contributed by atoms with Gasteiger partial charge in [0.15, 0.2) is 0 Å². The number of carbonyl (C=O) groups is 1. The van der Waals surface area contributed by atoms with E-state index in [1.165, 1.54) is 37.7 Å². The zero-order valence-corrected chi connectivity index (χ0v) is 12.1. The van der Waals surface area contributed by atoms with Crippen molar-refractivity contribution in [3.05, 3.63) is 29.3 Å². The van der Waals surface area contributed by atoms with Crippen LogP contribution in [0.4, 0.5) is 5.69 Å². The van der Waals surface area contributed by atoms with Gasteiger partial charge in [0.1, 0.15) is 0 Å². The second kappa shape index (κ2) is 5.86. The highest BCUT2D eigenvalue weighted by Crippen LogP contribution is 2.29. The Hall–Kier alpha value is -1.51. The molecule has 1 aliphatic carbocycles. The summed E-state index contributed by atoms with van der Waals surface area (Å²) in [6.07, 6.45) is 8.09. The zero-order valence-electron chi connectivity index (χ0n) is 12.1. The van der Waals surface area contributed by atoms with Crippen LogP contribution in [0.25, 0.3) is 0 Å². The molecule has 3 nitrogen and oxygen atoms in total. The molecular weight excluding hydrogens is 248 g/mol. The number of carbonyl (C=O) groups excluding carboxylic acids is 1. The number of nitrogens with two attached hydrogens (primary N) is 1. The van der Waals surface area contributed by atoms with Gasteiger partial charge in [-0.3, -0.25) is 4.79 Å². The van der Waals surface area contributed by atoms with Gasteiger partial charge >= 0.3 is 0 Å². The Kier molecular flexibility index (Phi) is 3.95. The SMILES string of the molecule is Nc1cccc2c1CN(C(=O)CC1CCCCC1)CC2. The standard InChI is InChI=1S/C17H24N2O/c18-16-8-4-7-14-9-10-19(12-15(14)16)17(20)11-13-5-2-1-3-6-13/h4,7-8,13H,1-3,5-6,9-12,18H2. The van der Waals surface area contributed by atoms with Crippen molar-refractivity contribution < 1.29 is 4.79 Å². The largest absolute Gasteiger partial charge is 0.398 e. The minimum absolute atomic E-state index is 0.325. The normalized spacial score (nSPS) is 19.7. The smallest absolute Gasteiger partial charge is 0.223 e. The van der Waals surface area contributed by atoms with Crippen molar-refractivity contribution in [3.63, 3.8) is 0 Å². The summed E-state index contributed by atoms with van der Waals surface area (Å²) in [4.78, 5) is 14.5. The van der Waals surface area contributed by atoms with Crippen LogP contribution in [0.5, 0.6) is 0 Å². The molecule has 108 valence electrons. The molecule has 0 spiro atoms. The van der Waals surface area contributed by atoms with E-state index in [9.17, 15) is 4.79 Å². The number of nitrogen functional groups attached to an aromatic ring is 1. The predicted octanol–water partition coefficient (Wildman–Crippen LogP) is 3.12. The maximum atomic E-state index is 12.5. The fourth-order valence-corrected chi connectivity index (χ4v) is 3.59. The van der Waals surface area contributed by atoms with E-state index >= 15 is 0 Å². The summed E-state index contributed by atoms with van der Waals surface area (Å²) >= 11 is 0. The molecule has 1 aliphatic heterocycles. The third-order valence-corrected chi connectivity index (χ3v) is 4.85. The van der Waals surface area contributed by atoms with Crippen LogP contribution < -0.4 is 5.73 Å². The number of benzene rings is 1. The quantitative estimate of drug-likeness (QED) is 0.841. The van der Waals surface area contributed by atoms with Crippen molar-refractivity contribution >= 4 is 11.6 Å². The van der Waals surface area contributed by atoms with Crippen LogP contribution >= 0.6 is 0 Å². The molecule has 3 heteroatoms. The maximum Gasteiger partial charge on any atom is 0.223 e. The molecule has 2 aliphatic rings. The minimum Gasteiger partial charge on any atom is -0.398 e. The summed E-state index contributed by atoms with van der Waals surface area (Å²) in [6.45, 7) is 1.55. The van der Waals surface area contributed by atoms with E-state index in [2.05, 4.69) is 6.07 Å². The van der Waals surface area contributed by atoms with Crippen LogP contribution in [0.15, 0.2) is 18.2 Å². The molecule has 1 aromatic carbocycles. The molecule has 0 saturated heterocycles. The van der Waals surface area contributed by atoms with Crippen LogP contribution in [0.1, 0.15) is 49.7 Å². The van der Waals surface area contributed by atoms with Crippen molar-refractivity contribution in [2.75, 3.05) is 12.3 Å². The lowest BCUT2D eigenvalue weighted by Crippen LogP contribution is -2.37. The Morgan fingerprint density at radius 2 is 2.05 bits per heavy atom. The fourth-order valence-electron chi connectivity index (χ4n) is 3.59. The molecule has 2 N–H and O–H groups in total. The summed E-state index contributed by atoms with van der Waals surface area (Å²) < 4.78 is 0. The Bertz CT molecular complexity index is 492. The lowest BCUT2D eigenvalue weighted by atomic mass is 9.86. The van der Waals surface area contributed by atoms with E-state index in [0.29, 0.717) is 18.4 Å². The van der Waals surface area contributed by atoms with Gasteiger partial charge in [0, 0.05) is 25.2 Å².